The summed E-state index contributed by atoms with van der Waals surface area (Å²) in [5.74, 6) is 0.686. The Morgan fingerprint density at radius 2 is 2.25 bits per heavy atom. The van der Waals surface area contributed by atoms with Crippen molar-refractivity contribution in [3.63, 3.8) is 0 Å². The first kappa shape index (κ1) is 12.0. The standard InChI is InChI=1S/C11H15BrN2OS/c12-9-7-13-11(16-9)14-10(15)6-8-4-2-1-3-5-8/h7-8H,1-6H2,(H,13,14,15). The first-order valence-corrected chi connectivity index (χ1v) is 7.26. The molecule has 1 aliphatic rings. The average molecular weight is 303 g/mol. The van der Waals surface area contributed by atoms with E-state index < -0.39 is 0 Å². The summed E-state index contributed by atoms with van der Waals surface area (Å²) >= 11 is 4.78. The lowest BCUT2D eigenvalue weighted by atomic mass is 9.87. The van der Waals surface area contributed by atoms with E-state index in [4.69, 9.17) is 0 Å². The average Bonchev–Trinajstić information content (AvgIpc) is 2.65. The number of rotatable bonds is 3. The second kappa shape index (κ2) is 5.77. The molecule has 0 aromatic carbocycles. The molecule has 88 valence electrons. The second-order valence-corrected chi connectivity index (χ2v) is 6.64. The van der Waals surface area contributed by atoms with Crippen molar-refractivity contribution in [2.75, 3.05) is 5.32 Å². The second-order valence-electron chi connectivity index (χ2n) is 4.23. The number of nitrogens with zero attached hydrogens (tertiary/aromatic N) is 1. The summed E-state index contributed by atoms with van der Waals surface area (Å²) in [5, 5.41) is 3.54. The van der Waals surface area contributed by atoms with Gasteiger partial charge in [0.05, 0.1) is 9.98 Å². The van der Waals surface area contributed by atoms with Crippen molar-refractivity contribution >= 4 is 38.3 Å². The maximum atomic E-state index is 11.7. The van der Waals surface area contributed by atoms with Crippen molar-refractivity contribution in [1.29, 1.82) is 0 Å². The lowest BCUT2D eigenvalue weighted by Gasteiger charge is -2.20. The van der Waals surface area contributed by atoms with Crippen LogP contribution in [0.2, 0.25) is 0 Å². The van der Waals surface area contributed by atoms with Crippen molar-refractivity contribution in [3.8, 4) is 0 Å². The zero-order valence-corrected chi connectivity index (χ0v) is 11.4. The Labute approximate surface area is 108 Å². The minimum absolute atomic E-state index is 0.105. The molecule has 1 amide bonds. The van der Waals surface area contributed by atoms with E-state index in [-0.39, 0.29) is 5.91 Å². The van der Waals surface area contributed by atoms with Gasteiger partial charge >= 0.3 is 0 Å². The first-order valence-electron chi connectivity index (χ1n) is 5.65. The van der Waals surface area contributed by atoms with Gasteiger partial charge in [-0.25, -0.2) is 4.98 Å². The highest BCUT2D eigenvalue weighted by Gasteiger charge is 2.17. The zero-order valence-electron chi connectivity index (χ0n) is 9.04. The van der Waals surface area contributed by atoms with E-state index in [9.17, 15) is 4.79 Å². The molecule has 2 rings (SSSR count). The Morgan fingerprint density at radius 3 is 2.88 bits per heavy atom. The molecule has 5 heteroatoms. The molecule has 1 N–H and O–H groups in total. The van der Waals surface area contributed by atoms with E-state index >= 15 is 0 Å². The van der Waals surface area contributed by atoms with Gasteiger partial charge in [0.25, 0.3) is 0 Å². The fraction of sp³-hybridized carbons (Fsp3) is 0.636. The van der Waals surface area contributed by atoms with E-state index in [1.165, 1.54) is 43.4 Å². The van der Waals surface area contributed by atoms with Gasteiger partial charge in [0.2, 0.25) is 5.91 Å². The normalized spacial score (nSPS) is 17.3. The summed E-state index contributed by atoms with van der Waals surface area (Å²) < 4.78 is 0.945. The van der Waals surface area contributed by atoms with Crippen molar-refractivity contribution in [2.45, 2.75) is 38.5 Å². The molecule has 0 spiro atoms. The molecule has 1 aromatic rings. The third-order valence-corrected chi connectivity index (χ3v) is 4.31. The van der Waals surface area contributed by atoms with Gasteiger partial charge in [-0.2, -0.15) is 0 Å². The minimum atomic E-state index is 0.105. The van der Waals surface area contributed by atoms with E-state index in [1.807, 2.05) is 0 Å². The van der Waals surface area contributed by atoms with Crippen LogP contribution >= 0.6 is 27.3 Å². The monoisotopic (exact) mass is 302 g/mol. The van der Waals surface area contributed by atoms with Gasteiger partial charge in [-0.1, -0.05) is 30.6 Å². The van der Waals surface area contributed by atoms with Gasteiger partial charge in [0, 0.05) is 6.42 Å². The highest BCUT2D eigenvalue weighted by molar-refractivity contribution is 9.11. The summed E-state index contributed by atoms with van der Waals surface area (Å²) in [5.41, 5.74) is 0. The Morgan fingerprint density at radius 1 is 1.50 bits per heavy atom. The van der Waals surface area contributed by atoms with Gasteiger partial charge < -0.3 is 5.32 Å². The number of carbonyl (C=O) groups excluding carboxylic acids is 1. The number of anilines is 1. The Bertz CT molecular complexity index is 361. The van der Waals surface area contributed by atoms with Crippen LogP contribution in [0.3, 0.4) is 0 Å². The molecule has 16 heavy (non-hydrogen) atoms. The molecule has 1 aliphatic carbocycles. The molecule has 3 nitrogen and oxygen atoms in total. The maximum absolute atomic E-state index is 11.7. The van der Waals surface area contributed by atoms with Crippen LogP contribution in [0.5, 0.6) is 0 Å². The highest BCUT2D eigenvalue weighted by atomic mass is 79.9. The number of nitrogens with one attached hydrogen (secondary N) is 1. The number of hydrogen-bond donors (Lipinski definition) is 1. The fourth-order valence-electron chi connectivity index (χ4n) is 2.14. The summed E-state index contributed by atoms with van der Waals surface area (Å²) in [4.78, 5) is 15.8. The third kappa shape index (κ3) is 3.56. The number of aromatic nitrogens is 1. The van der Waals surface area contributed by atoms with Gasteiger partial charge in [-0.3, -0.25) is 4.79 Å². The lowest BCUT2D eigenvalue weighted by Crippen LogP contribution is -2.18. The van der Waals surface area contributed by atoms with Crippen LogP contribution in [-0.2, 0) is 4.79 Å². The predicted molar refractivity (Wildman–Crippen MR) is 69.6 cm³/mol. The van der Waals surface area contributed by atoms with Crippen LogP contribution in [-0.4, -0.2) is 10.9 Å². The van der Waals surface area contributed by atoms with Gasteiger partial charge in [-0.15, -0.1) is 0 Å². The number of thiazole rings is 1. The van der Waals surface area contributed by atoms with E-state index in [0.717, 1.165) is 3.79 Å². The minimum Gasteiger partial charge on any atom is -0.302 e. The molecule has 1 saturated carbocycles. The van der Waals surface area contributed by atoms with E-state index in [0.29, 0.717) is 17.5 Å². The molecular weight excluding hydrogens is 288 g/mol. The van der Waals surface area contributed by atoms with Gasteiger partial charge in [0.1, 0.15) is 0 Å². The Kier molecular flexibility index (Phi) is 4.35. The van der Waals surface area contributed by atoms with Crippen LogP contribution in [0.25, 0.3) is 0 Å². The molecule has 0 bridgehead atoms. The van der Waals surface area contributed by atoms with Crippen molar-refractivity contribution in [1.82, 2.24) is 4.98 Å². The van der Waals surface area contributed by atoms with Crippen molar-refractivity contribution in [2.24, 2.45) is 5.92 Å². The topological polar surface area (TPSA) is 42.0 Å². The number of halogens is 1. The first-order chi connectivity index (χ1) is 7.74. The Hall–Kier alpha value is -0.420. The molecule has 0 saturated heterocycles. The van der Waals surface area contributed by atoms with E-state index in [2.05, 4.69) is 26.2 Å². The molecular formula is C11H15BrN2OS. The smallest absolute Gasteiger partial charge is 0.226 e. The summed E-state index contributed by atoms with van der Waals surface area (Å²) in [6.45, 7) is 0. The number of hydrogen-bond acceptors (Lipinski definition) is 3. The van der Waals surface area contributed by atoms with Gasteiger partial charge in [-0.05, 0) is 34.7 Å². The van der Waals surface area contributed by atoms with Gasteiger partial charge in [0.15, 0.2) is 5.13 Å². The zero-order chi connectivity index (χ0) is 11.4. The number of amides is 1. The molecule has 1 heterocycles. The maximum Gasteiger partial charge on any atom is 0.226 e. The largest absolute Gasteiger partial charge is 0.302 e. The molecule has 0 radical (unpaired) electrons. The van der Waals surface area contributed by atoms with Crippen LogP contribution < -0.4 is 5.32 Å². The van der Waals surface area contributed by atoms with Crippen LogP contribution in [0, 0.1) is 5.92 Å². The third-order valence-electron chi connectivity index (χ3n) is 2.92. The fourth-order valence-corrected chi connectivity index (χ4v) is 3.26. The summed E-state index contributed by atoms with van der Waals surface area (Å²) in [6, 6.07) is 0. The quantitative estimate of drug-likeness (QED) is 0.922. The van der Waals surface area contributed by atoms with Crippen LogP contribution in [0.15, 0.2) is 9.98 Å². The van der Waals surface area contributed by atoms with E-state index in [1.54, 1.807) is 6.20 Å². The van der Waals surface area contributed by atoms with Crippen molar-refractivity contribution in [3.05, 3.63) is 9.98 Å². The Balaban J connectivity index is 1.79. The molecule has 1 aromatic heterocycles. The number of carbonyl (C=O) groups is 1. The molecule has 0 atom stereocenters. The SMILES string of the molecule is O=C(CC1CCCCC1)Nc1ncc(Br)s1. The van der Waals surface area contributed by atoms with Crippen LogP contribution in [0.4, 0.5) is 5.13 Å². The molecule has 0 aliphatic heterocycles. The summed E-state index contributed by atoms with van der Waals surface area (Å²) in [7, 11) is 0. The summed E-state index contributed by atoms with van der Waals surface area (Å²) in [6.07, 6.45) is 8.65. The predicted octanol–water partition coefficient (Wildman–Crippen LogP) is 3.81. The van der Waals surface area contributed by atoms with Crippen molar-refractivity contribution < 1.29 is 4.79 Å². The van der Waals surface area contributed by atoms with Crippen LogP contribution in [0.1, 0.15) is 38.5 Å². The molecule has 1 fully saturated rings. The lowest BCUT2D eigenvalue weighted by molar-refractivity contribution is -0.117. The highest BCUT2D eigenvalue weighted by Crippen LogP contribution is 2.27. The molecule has 0 unspecified atom stereocenters.